The van der Waals surface area contributed by atoms with Gasteiger partial charge < -0.3 is 50.2 Å². The van der Waals surface area contributed by atoms with Crippen LogP contribution in [0.15, 0.2) is 29.2 Å². The van der Waals surface area contributed by atoms with E-state index < -0.39 is 120 Å². The Morgan fingerprint density at radius 3 is 2.25 bits per heavy atom. The van der Waals surface area contributed by atoms with Crippen LogP contribution in [-0.4, -0.2) is 114 Å². The molecule has 2 aliphatic rings. The van der Waals surface area contributed by atoms with Crippen molar-refractivity contribution >= 4 is 39.2 Å². The van der Waals surface area contributed by atoms with Gasteiger partial charge in [-0.25, -0.2) is 13.9 Å². The third kappa shape index (κ3) is 22.2. The zero-order valence-electron chi connectivity index (χ0n) is 39.1. The number of nitrogens with zero attached hydrogens (tertiary/aromatic N) is 2. The number of unbranched alkanes of at least 4 members (excludes halogenated alkanes) is 7. The maximum Gasteiger partial charge on any atom is 0.481 e. The van der Waals surface area contributed by atoms with Crippen LogP contribution in [0.3, 0.4) is 0 Å². The molecular weight excluding hydrogens is 920 g/mol. The maximum absolute atomic E-state index is 13.9. The summed E-state index contributed by atoms with van der Waals surface area (Å²) >= 11 is 0. The number of rotatable bonds is 17. The fourth-order valence-corrected chi connectivity index (χ4v) is 9.98. The Morgan fingerprint density at radius 1 is 0.910 bits per heavy atom. The SMILES string of the molecule is CCCCC[C@H](O)/C=C/[C@H]1C(=O)C[C@H](O)[C@@H]2CCCCCCC(=O)OC[C@@H](OC(=O)CCCCCCCCC(C)C)COP(=O)(O)OP(=O)(O)OC[C@@H](O[C@H]2n2ccc(N)nc2=O)[C@@H](O)[C@H]1O. The molecule has 2 fully saturated rings. The first-order chi connectivity index (χ1) is 31.7. The van der Waals surface area contributed by atoms with Crippen LogP contribution in [0, 0.1) is 17.8 Å². The number of aliphatic hydroxyl groups is 4. The number of cyclic esters (lactones) is 1. The molecule has 3 heterocycles. The highest BCUT2D eigenvalue weighted by atomic mass is 31.3. The molecule has 23 heteroatoms. The highest BCUT2D eigenvalue weighted by Gasteiger charge is 2.45. The fraction of sp³-hybridized carbons (Fsp3) is 0.795. The Morgan fingerprint density at radius 2 is 1.57 bits per heavy atom. The van der Waals surface area contributed by atoms with Gasteiger partial charge in [0.15, 0.2) is 6.10 Å². The first kappa shape index (κ1) is 58.4. The van der Waals surface area contributed by atoms with E-state index in [1.54, 1.807) is 0 Å². The van der Waals surface area contributed by atoms with E-state index in [4.69, 9.17) is 29.0 Å². The van der Waals surface area contributed by atoms with Gasteiger partial charge >= 0.3 is 33.3 Å². The summed E-state index contributed by atoms with van der Waals surface area (Å²) in [6.07, 6.45) is 2.04. The summed E-state index contributed by atoms with van der Waals surface area (Å²) < 4.78 is 58.8. The minimum Gasteiger partial charge on any atom is -0.462 e. The Hall–Kier alpha value is -2.91. The lowest BCUT2D eigenvalue weighted by molar-refractivity contribution is -0.188. The molecule has 0 saturated carbocycles. The number of aromatic nitrogens is 2. The molecule has 0 aliphatic carbocycles. The lowest BCUT2D eigenvalue weighted by atomic mass is 9.83. The molecule has 384 valence electrons. The second-order valence-corrected chi connectivity index (χ2v) is 20.9. The summed E-state index contributed by atoms with van der Waals surface area (Å²) in [5.74, 6) is -4.41. The van der Waals surface area contributed by atoms with Crippen LogP contribution in [0.2, 0.25) is 0 Å². The molecule has 2 aliphatic heterocycles. The molecule has 0 amide bonds. The van der Waals surface area contributed by atoms with Crippen LogP contribution in [0.25, 0.3) is 0 Å². The fourth-order valence-electron chi connectivity index (χ4n) is 7.87. The topological polar surface area (TPSA) is 323 Å². The molecule has 0 spiro atoms. The number of hydrogen-bond acceptors (Lipinski definition) is 18. The number of Topliss-reactive ketones (excluding diaryl/α,β-unsaturated/α-hetero) is 1. The van der Waals surface area contributed by atoms with Gasteiger partial charge in [-0.05, 0) is 37.7 Å². The zero-order chi connectivity index (χ0) is 49.6. The van der Waals surface area contributed by atoms with Gasteiger partial charge in [0.1, 0.15) is 36.6 Å². The lowest BCUT2D eigenvalue weighted by Gasteiger charge is -2.39. The smallest absolute Gasteiger partial charge is 0.462 e. The van der Waals surface area contributed by atoms with Gasteiger partial charge in [0, 0.05) is 31.4 Å². The van der Waals surface area contributed by atoms with E-state index in [-0.39, 0.29) is 25.1 Å². The van der Waals surface area contributed by atoms with E-state index >= 15 is 0 Å². The molecule has 67 heavy (non-hydrogen) atoms. The third-order valence-electron chi connectivity index (χ3n) is 11.7. The third-order valence-corrected chi connectivity index (χ3v) is 14.3. The molecule has 21 nitrogen and oxygen atoms in total. The quantitative estimate of drug-likeness (QED) is 0.0449. The van der Waals surface area contributed by atoms with E-state index in [0.29, 0.717) is 50.9 Å². The van der Waals surface area contributed by atoms with Gasteiger partial charge in [-0.15, -0.1) is 0 Å². The number of ether oxygens (including phenoxy) is 3. The van der Waals surface area contributed by atoms with Crippen molar-refractivity contribution in [2.24, 2.45) is 17.8 Å². The van der Waals surface area contributed by atoms with Crippen LogP contribution in [0.4, 0.5) is 5.82 Å². The summed E-state index contributed by atoms with van der Waals surface area (Å²) in [5.41, 5.74) is 4.77. The Bertz CT molecular complexity index is 1850. The summed E-state index contributed by atoms with van der Waals surface area (Å²) in [6, 6.07) is 1.24. The summed E-state index contributed by atoms with van der Waals surface area (Å²) in [6.45, 7) is 3.61. The van der Waals surface area contributed by atoms with E-state index in [9.17, 15) is 58.5 Å². The van der Waals surface area contributed by atoms with Crippen molar-refractivity contribution in [2.75, 3.05) is 25.6 Å². The normalized spacial score (nSPS) is 31.0. The van der Waals surface area contributed by atoms with Crippen LogP contribution < -0.4 is 11.4 Å². The molecule has 2 saturated heterocycles. The van der Waals surface area contributed by atoms with Gasteiger partial charge in [-0.1, -0.05) is 110 Å². The average molecular weight is 996 g/mol. The molecule has 0 radical (unpaired) electrons. The van der Waals surface area contributed by atoms with Gasteiger partial charge in [0.25, 0.3) is 0 Å². The number of fused-ring (bicyclic) bond motifs is 3. The highest BCUT2D eigenvalue weighted by molar-refractivity contribution is 7.61. The number of anilines is 1. The number of nitrogens with two attached hydrogens (primary N) is 1. The molecule has 0 aromatic carbocycles. The number of phosphoric acid groups is 2. The molecule has 2 unspecified atom stereocenters. The number of nitrogen functional groups attached to an aromatic ring is 1. The Labute approximate surface area is 393 Å². The number of carbonyl (C=O) groups excluding carboxylic acids is 3. The number of hydrogen-bond donors (Lipinski definition) is 7. The van der Waals surface area contributed by atoms with Crippen molar-refractivity contribution in [3.05, 3.63) is 34.9 Å². The van der Waals surface area contributed by atoms with Gasteiger partial charge in [0.2, 0.25) is 0 Å². The standard InChI is InChI=1S/C44H75N3O18P2/c1-4-5-12-18-31(48)22-23-33-35(49)26-36(50)34-19-14-10-11-15-20-39(51)60-27-32(63-40(52)21-16-9-7-6-8-13-17-30(2)3)28-61-66(56,57)65-67(58,59)62-29-37(42(54)41(33)53)64-43(34)47-25-24-38(45)46-44(47)55/h22-25,30-34,36-37,41-43,48,50,53-54H,4-21,26-29H2,1-3H3,(H,56,57)(H,58,59)(H2,45,46,55)/b23-22+/t31-,32+,33-,34-,36-,37+,41-,42+,43+/m0/s1. The van der Waals surface area contributed by atoms with Gasteiger partial charge in [-0.3, -0.25) is 28.0 Å². The minimum absolute atomic E-state index is 0.00160. The monoisotopic (exact) mass is 995 g/mol. The van der Waals surface area contributed by atoms with E-state index in [1.165, 1.54) is 24.4 Å². The predicted octanol–water partition coefficient (Wildman–Crippen LogP) is 5.33. The molecule has 1 aromatic heterocycles. The van der Waals surface area contributed by atoms with Crippen LogP contribution >= 0.6 is 15.6 Å². The van der Waals surface area contributed by atoms with Crippen molar-refractivity contribution < 1.29 is 81.3 Å². The predicted molar refractivity (Wildman–Crippen MR) is 244 cm³/mol. The first-order valence-electron chi connectivity index (χ1n) is 23.7. The lowest BCUT2D eigenvalue weighted by Crippen LogP contribution is -2.51. The average Bonchev–Trinajstić information content (AvgIpc) is 3.24. The molecule has 1 aromatic rings. The van der Waals surface area contributed by atoms with Crippen molar-refractivity contribution in [1.29, 1.82) is 0 Å². The number of aliphatic hydroxyl groups excluding tert-OH is 4. The zero-order valence-corrected chi connectivity index (χ0v) is 40.9. The molecule has 11 atom stereocenters. The number of carbonyl (C=O) groups is 3. The molecule has 3 rings (SSSR count). The summed E-state index contributed by atoms with van der Waals surface area (Å²) in [4.78, 5) is 77.9. The van der Waals surface area contributed by atoms with Crippen molar-refractivity contribution in [3.8, 4) is 0 Å². The van der Waals surface area contributed by atoms with Crippen molar-refractivity contribution in [1.82, 2.24) is 9.55 Å². The van der Waals surface area contributed by atoms with Crippen LogP contribution in [0.5, 0.6) is 0 Å². The van der Waals surface area contributed by atoms with Gasteiger partial charge in [0.05, 0.1) is 37.4 Å². The van der Waals surface area contributed by atoms with Crippen LogP contribution in [-0.2, 0) is 51.1 Å². The number of ketones is 1. The summed E-state index contributed by atoms with van der Waals surface area (Å²) in [5, 5.41) is 45.6. The van der Waals surface area contributed by atoms with Gasteiger partial charge in [-0.2, -0.15) is 9.29 Å². The first-order valence-corrected chi connectivity index (χ1v) is 26.7. The second kappa shape index (κ2) is 30.0. The van der Waals surface area contributed by atoms with Crippen molar-refractivity contribution in [3.63, 3.8) is 0 Å². The number of esters is 2. The Kier molecular flexibility index (Phi) is 26.1. The molecule has 8 N–H and O–H groups in total. The minimum atomic E-state index is -5.70. The molecular formula is C44H75N3O18P2. The maximum atomic E-state index is 13.9. The van der Waals surface area contributed by atoms with Crippen LogP contribution in [0.1, 0.15) is 149 Å². The Balaban J connectivity index is 1.93. The number of phosphoric ester groups is 2. The van der Waals surface area contributed by atoms with E-state index in [1.807, 2.05) is 6.92 Å². The largest absolute Gasteiger partial charge is 0.481 e. The van der Waals surface area contributed by atoms with E-state index in [2.05, 4.69) is 23.1 Å². The second-order valence-electron chi connectivity index (χ2n) is 17.9. The van der Waals surface area contributed by atoms with E-state index in [0.717, 1.165) is 55.9 Å². The van der Waals surface area contributed by atoms with Crippen molar-refractivity contribution in [2.45, 2.75) is 186 Å². The highest BCUT2D eigenvalue weighted by Crippen LogP contribution is 2.60. The summed E-state index contributed by atoms with van der Waals surface area (Å²) in [7, 11) is -11.3. The molecule has 2 bridgehead atoms.